The van der Waals surface area contributed by atoms with Gasteiger partial charge < -0.3 is 0 Å². The molecule has 1 fully saturated rings. The van der Waals surface area contributed by atoms with Crippen molar-refractivity contribution in [1.29, 1.82) is 0 Å². The number of hydrogen-bond donors (Lipinski definition) is 0. The van der Waals surface area contributed by atoms with Crippen LogP contribution in [-0.2, 0) is 6.54 Å². The molecule has 2 rings (SSSR count). The van der Waals surface area contributed by atoms with Gasteiger partial charge in [-0.2, -0.15) is 5.10 Å². The third kappa shape index (κ3) is 2.69. The lowest BCUT2D eigenvalue weighted by Crippen LogP contribution is -2.42. The summed E-state index contributed by atoms with van der Waals surface area (Å²) < 4.78 is 2.03. The molecule has 1 atom stereocenters. The Morgan fingerprint density at radius 3 is 3.13 bits per heavy atom. The van der Waals surface area contributed by atoms with Crippen molar-refractivity contribution in [3.63, 3.8) is 0 Å². The molecule has 0 aliphatic carbocycles. The van der Waals surface area contributed by atoms with E-state index in [1.165, 1.54) is 25.8 Å². The Morgan fingerprint density at radius 1 is 1.47 bits per heavy atom. The zero-order chi connectivity index (χ0) is 10.5. The summed E-state index contributed by atoms with van der Waals surface area (Å²) in [6.45, 7) is 7.05. The van der Waals surface area contributed by atoms with Crippen LogP contribution in [0.5, 0.6) is 0 Å². The predicted molar refractivity (Wildman–Crippen MR) is 61.6 cm³/mol. The van der Waals surface area contributed by atoms with E-state index in [2.05, 4.69) is 16.6 Å². The first-order chi connectivity index (χ1) is 7.40. The molecule has 1 saturated heterocycles. The quantitative estimate of drug-likeness (QED) is 0.700. The van der Waals surface area contributed by atoms with Crippen LogP contribution in [0.15, 0.2) is 31.1 Å². The molecule has 1 aliphatic rings. The standard InChI is InChI=1S/C12H19N3/c1-2-8-14-9-4-3-6-12(14)11-15-10-5-7-13-15/h2,5,7,10,12H,1,3-4,6,8-9,11H2. The molecule has 0 bridgehead atoms. The molecule has 1 aliphatic heterocycles. The third-order valence-corrected chi connectivity index (χ3v) is 3.07. The van der Waals surface area contributed by atoms with Crippen LogP contribution in [0.2, 0.25) is 0 Å². The van der Waals surface area contributed by atoms with Crippen LogP contribution in [0.4, 0.5) is 0 Å². The molecule has 0 radical (unpaired) electrons. The highest BCUT2D eigenvalue weighted by Crippen LogP contribution is 2.17. The number of piperidine rings is 1. The molecule has 0 N–H and O–H groups in total. The van der Waals surface area contributed by atoms with Crippen molar-refractivity contribution >= 4 is 0 Å². The molecule has 0 aromatic carbocycles. The van der Waals surface area contributed by atoms with Gasteiger partial charge in [0, 0.05) is 25.0 Å². The molecule has 0 saturated carbocycles. The largest absolute Gasteiger partial charge is 0.295 e. The number of likely N-dealkylation sites (tertiary alicyclic amines) is 1. The first kappa shape index (κ1) is 10.4. The van der Waals surface area contributed by atoms with Crippen LogP contribution in [0.1, 0.15) is 19.3 Å². The molecule has 1 aromatic heterocycles. The van der Waals surface area contributed by atoms with E-state index in [1.54, 1.807) is 0 Å². The second kappa shape index (κ2) is 5.12. The van der Waals surface area contributed by atoms with Crippen molar-refractivity contribution in [3.05, 3.63) is 31.1 Å². The number of hydrogen-bond acceptors (Lipinski definition) is 2. The average molecular weight is 205 g/mol. The van der Waals surface area contributed by atoms with E-state index in [4.69, 9.17) is 0 Å². The van der Waals surface area contributed by atoms with Crippen LogP contribution >= 0.6 is 0 Å². The van der Waals surface area contributed by atoms with Crippen molar-refractivity contribution in [2.75, 3.05) is 13.1 Å². The highest BCUT2D eigenvalue weighted by Gasteiger charge is 2.21. The summed E-state index contributed by atoms with van der Waals surface area (Å²) in [6.07, 6.45) is 9.85. The van der Waals surface area contributed by atoms with Gasteiger partial charge in [-0.05, 0) is 25.5 Å². The zero-order valence-corrected chi connectivity index (χ0v) is 9.18. The van der Waals surface area contributed by atoms with Gasteiger partial charge in [0.05, 0.1) is 6.54 Å². The Hall–Kier alpha value is -1.09. The first-order valence-corrected chi connectivity index (χ1v) is 5.72. The molecule has 0 spiro atoms. The first-order valence-electron chi connectivity index (χ1n) is 5.72. The SMILES string of the molecule is C=CCN1CCCCC1Cn1cccn1. The average Bonchev–Trinajstić information content (AvgIpc) is 2.74. The van der Waals surface area contributed by atoms with Crippen LogP contribution in [0, 0.1) is 0 Å². The van der Waals surface area contributed by atoms with Gasteiger partial charge in [-0.3, -0.25) is 9.58 Å². The number of nitrogens with zero attached hydrogens (tertiary/aromatic N) is 3. The second-order valence-corrected chi connectivity index (χ2v) is 4.16. The van der Waals surface area contributed by atoms with Crippen molar-refractivity contribution in [3.8, 4) is 0 Å². The fraction of sp³-hybridized carbons (Fsp3) is 0.583. The van der Waals surface area contributed by atoms with Crippen molar-refractivity contribution < 1.29 is 0 Å². The second-order valence-electron chi connectivity index (χ2n) is 4.16. The molecule has 1 unspecified atom stereocenters. The van der Waals surface area contributed by atoms with Gasteiger partial charge in [-0.15, -0.1) is 6.58 Å². The summed E-state index contributed by atoms with van der Waals surface area (Å²) in [5.41, 5.74) is 0. The normalized spacial score (nSPS) is 22.8. The lowest BCUT2D eigenvalue weighted by atomic mass is 10.0. The lowest BCUT2D eigenvalue weighted by molar-refractivity contribution is 0.145. The van der Waals surface area contributed by atoms with E-state index >= 15 is 0 Å². The summed E-state index contributed by atoms with van der Waals surface area (Å²) in [7, 11) is 0. The minimum Gasteiger partial charge on any atom is -0.295 e. The lowest BCUT2D eigenvalue weighted by Gasteiger charge is -2.34. The summed E-state index contributed by atoms with van der Waals surface area (Å²) in [5, 5.41) is 4.27. The highest BCUT2D eigenvalue weighted by atomic mass is 15.3. The predicted octanol–water partition coefficient (Wildman–Crippen LogP) is 1.92. The van der Waals surface area contributed by atoms with Gasteiger partial charge in [0.1, 0.15) is 0 Å². The van der Waals surface area contributed by atoms with E-state index in [9.17, 15) is 0 Å². The maximum atomic E-state index is 4.27. The van der Waals surface area contributed by atoms with E-state index < -0.39 is 0 Å². The van der Waals surface area contributed by atoms with Gasteiger partial charge in [-0.25, -0.2) is 0 Å². The fourth-order valence-corrected chi connectivity index (χ4v) is 2.30. The molecule has 0 amide bonds. The van der Waals surface area contributed by atoms with Crippen LogP contribution in [-0.4, -0.2) is 33.8 Å². The van der Waals surface area contributed by atoms with Gasteiger partial charge in [-0.1, -0.05) is 12.5 Å². The zero-order valence-electron chi connectivity index (χ0n) is 9.18. The summed E-state index contributed by atoms with van der Waals surface area (Å²) >= 11 is 0. The summed E-state index contributed by atoms with van der Waals surface area (Å²) in [4.78, 5) is 2.51. The van der Waals surface area contributed by atoms with Gasteiger partial charge in [0.25, 0.3) is 0 Å². The Kier molecular flexibility index (Phi) is 3.56. The number of aromatic nitrogens is 2. The third-order valence-electron chi connectivity index (χ3n) is 3.07. The van der Waals surface area contributed by atoms with Gasteiger partial charge in [0.15, 0.2) is 0 Å². The van der Waals surface area contributed by atoms with Crippen LogP contribution < -0.4 is 0 Å². The van der Waals surface area contributed by atoms with Crippen LogP contribution in [0.3, 0.4) is 0 Å². The van der Waals surface area contributed by atoms with Gasteiger partial charge >= 0.3 is 0 Å². The highest BCUT2D eigenvalue weighted by molar-refractivity contribution is 4.85. The smallest absolute Gasteiger partial charge is 0.0565 e. The Bertz CT molecular complexity index is 292. The van der Waals surface area contributed by atoms with E-state index in [0.29, 0.717) is 6.04 Å². The molecular formula is C12H19N3. The minimum atomic E-state index is 0.636. The fourth-order valence-electron chi connectivity index (χ4n) is 2.30. The molecule has 15 heavy (non-hydrogen) atoms. The Labute approximate surface area is 91.4 Å². The monoisotopic (exact) mass is 205 g/mol. The molecule has 3 heteroatoms. The van der Waals surface area contributed by atoms with Crippen molar-refractivity contribution in [2.24, 2.45) is 0 Å². The summed E-state index contributed by atoms with van der Waals surface area (Å²) in [6, 6.07) is 2.62. The van der Waals surface area contributed by atoms with Gasteiger partial charge in [0.2, 0.25) is 0 Å². The van der Waals surface area contributed by atoms with Crippen molar-refractivity contribution in [1.82, 2.24) is 14.7 Å². The van der Waals surface area contributed by atoms with E-state index in [0.717, 1.165) is 13.1 Å². The minimum absolute atomic E-state index is 0.636. The maximum absolute atomic E-state index is 4.27. The van der Waals surface area contributed by atoms with Crippen molar-refractivity contribution in [2.45, 2.75) is 31.8 Å². The Balaban J connectivity index is 1.95. The molecule has 2 heterocycles. The molecule has 1 aromatic rings. The topological polar surface area (TPSA) is 21.1 Å². The molecule has 3 nitrogen and oxygen atoms in total. The number of rotatable bonds is 4. The van der Waals surface area contributed by atoms with E-state index in [-0.39, 0.29) is 0 Å². The summed E-state index contributed by atoms with van der Waals surface area (Å²) in [5.74, 6) is 0. The maximum Gasteiger partial charge on any atom is 0.0565 e. The Morgan fingerprint density at radius 2 is 2.40 bits per heavy atom. The molecular weight excluding hydrogens is 186 g/mol. The molecule has 82 valence electrons. The van der Waals surface area contributed by atoms with Crippen LogP contribution in [0.25, 0.3) is 0 Å². The van der Waals surface area contributed by atoms with E-state index in [1.807, 2.05) is 29.2 Å².